The van der Waals surface area contributed by atoms with Crippen LogP contribution >= 0.6 is 0 Å². The van der Waals surface area contributed by atoms with Crippen LogP contribution in [-0.4, -0.2) is 74.7 Å². The van der Waals surface area contributed by atoms with Gasteiger partial charge in [0.15, 0.2) is 0 Å². The van der Waals surface area contributed by atoms with Gasteiger partial charge in [0.1, 0.15) is 17.6 Å². The van der Waals surface area contributed by atoms with Gasteiger partial charge in [0, 0.05) is 92.4 Å². The van der Waals surface area contributed by atoms with Gasteiger partial charge in [-0.2, -0.15) is 4.98 Å². The summed E-state index contributed by atoms with van der Waals surface area (Å²) in [6.45, 7) is 7.93. The molecule has 0 radical (unpaired) electrons. The van der Waals surface area contributed by atoms with E-state index >= 15 is 8.78 Å². The lowest BCUT2D eigenvalue weighted by atomic mass is 9.98. The number of hydrogen-bond acceptors (Lipinski definition) is 6. The number of fused-ring (bicyclic) bond motifs is 1. The lowest BCUT2D eigenvalue weighted by Crippen LogP contribution is -2.53. The predicted molar refractivity (Wildman–Crippen MR) is 152 cm³/mol. The number of carbonyl (C=O) groups excluding carboxylic acids is 1. The Hall–Kier alpha value is -3.63. The molecule has 3 aromatic rings. The molecule has 210 valence electrons. The first-order valence-corrected chi connectivity index (χ1v) is 14.0. The Morgan fingerprint density at radius 2 is 1.88 bits per heavy atom. The van der Waals surface area contributed by atoms with E-state index in [4.69, 9.17) is 0 Å². The smallest absolute Gasteiger partial charge is 0.229 e. The fourth-order valence-corrected chi connectivity index (χ4v) is 6.03. The second-order valence-electron chi connectivity index (χ2n) is 11.2. The van der Waals surface area contributed by atoms with E-state index in [0.717, 1.165) is 37.1 Å². The maximum atomic E-state index is 15.2. The lowest BCUT2D eigenvalue weighted by Gasteiger charge is -2.36. The molecule has 2 aliphatic heterocycles. The summed E-state index contributed by atoms with van der Waals surface area (Å²) in [5.41, 5.74) is 3.18. The van der Waals surface area contributed by atoms with Crippen LogP contribution in [0.3, 0.4) is 0 Å². The van der Waals surface area contributed by atoms with E-state index in [9.17, 15) is 4.79 Å². The number of allylic oxidation sites excluding steroid dienone is 3. The molecular weight excluding hydrogens is 512 g/mol. The molecule has 2 N–H and O–H groups in total. The summed E-state index contributed by atoms with van der Waals surface area (Å²) < 4.78 is 31.9. The van der Waals surface area contributed by atoms with Crippen LogP contribution in [0.25, 0.3) is 16.7 Å². The summed E-state index contributed by atoms with van der Waals surface area (Å²) in [4.78, 5) is 25.1. The molecule has 40 heavy (non-hydrogen) atoms. The van der Waals surface area contributed by atoms with Gasteiger partial charge in [0.05, 0.1) is 0 Å². The SMILES string of the molecule is C[C@@H]1CN(Cc2ccc(Nc3ncc4ccn(C5=CC(F)=C(CN6CCCC6=O)C(F)C5)c4n3)cc2)C[C@H](C)N1. The normalized spacial score (nSPS) is 24.2. The van der Waals surface area contributed by atoms with Crippen molar-refractivity contribution in [3.63, 3.8) is 0 Å². The molecule has 10 heteroatoms. The number of nitrogens with one attached hydrogen (secondary N) is 2. The number of hydrogen-bond donors (Lipinski definition) is 2. The number of piperazine rings is 1. The van der Waals surface area contributed by atoms with E-state index in [-0.39, 0.29) is 24.4 Å². The molecule has 3 aliphatic rings. The predicted octanol–water partition coefficient (Wildman–Crippen LogP) is 4.79. The molecule has 1 amide bonds. The van der Waals surface area contributed by atoms with E-state index < -0.39 is 12.0 Å². The summed E-state index contributed by atoms with van der Waals surface area (Å²) in [5.74, 6) is -0.260. The lowest BCUT2D eigenvalue weighted by molar-refractivity contribution is -0.127. The van der Waals surface area contributed by atoms with Crippen molar-refractivity contribution < 1.29 is 13.6 Å². The number of benzene rings is 1. The first-order valence-electron chi connectivity index (χ1n) is 14.0. The zero-order valence-electron chi connectivity index (χ0n) is 22.9. The van der Waals surface area contributed by atoms with Crippen LogP contribution in [0.15, 0.2) is 60.2 Å². The highest BCUT2D eigenvalue weighted by atomic mass is 19.1. The molecule has 2 aromatic heterocycles. The number of carbonyl (C=O) groups is 1. The summed E-state index contributed by atoms with van der Waals surface area (Å²) in [7, 11) is 0. The standard InChI is InChI=1S/C30H35F2N7O/c1-19-15-37(16-20(2)34-19)17-21-5-7-23(8-6-21)35-30-33-14-22-9-11-39(29(22)36-30)24-12-26(31)25(27(32)13-24)18-38-10-3-4-28(38)40/h5-9,11-12,14,19-20,27,34H,3-4,10,13,15-18H2,1-2H3,(H,33,35,36)/t19-,20+,27?. The molecule has 0 bridgehead atoms. The topological polar surface area (TPSA) is 78.3 Å². The van der Waals surface area contributed by atoms with Crippen molar-refractivity contribution in [3.05, 3.63) is 65.8 Å². The molecule has 2 saturated heterocycles. The van der Waals surface area contributed by atoms with Gasteiger partial charge in [0.2, 0.25) is 11.9 Å². The van der Waals surface area contributed by atoms with Crippen molar-refractivity contribution in [1.82, 2.24) is 29.7 Å². The van der Waals surface area contributed by atoms with E-state index in [2.05, 4.69) is 51.5 Å². The third-order valence-corrected chi connectivity index (χ3v) is 7.89. The monoisotopic (exact) mass is 547 g/mol. The third-order valence-electron chi connectivity index (χ3n) is 7.89. The molecule has 4 heterocycles. The third kappa shape index (κ3) is 5.64. The van der Waals surface area contributed by atoms with E-state index in [1.54, 1.807) is 17.0 Å². The molecule has 0 saturated carbocycles. The molecule has 3 atom stereocenters. The highest BCUT2D eigenvalue weighted by Crippen LogP contribution is 2.33. The number of anilines is 2. The number of rotatable bonds is 7. The Morgan fingerprint density at radius 3 is 2.58 bits per heavy atom. The van der Waals surface area contributed by atoms with Crippen LogP contribution < -0.4 is 10.6 Å². The van der Waals surface area contributed by atoms with Crippen LogP contribution in [0.2, 0.25) is 0 Å². The summed E-state index contributed by atoms with van der Waals surface area (Å²) in [6, 6.07) is 11.0. The van der Waals surface area contributed by atoms with Crippen molar-refractivity contribution in [3.8, 4) is 0 Å². The highest BCUT2D eigenvalue weighted by molar-refractivity contribution is 5.81. The number of aromatic nitrogens is 3. The van der Waals surface area contributed by atoms with Gasteiger partial charge in [0.25, 0.3) is 0 Å². The molecule has 1 aliphatic carbocycles. The van der Waals surface area contributed by atoms with Gasteiger partial charge in [-0.15, -0.1) is 0 Å². The Labute approximate surface area is 232 Å². The number of alkyl halides is 1. The Bertz CT molecular complexity index is 1450. The first-order chi connectivity index (χ1) is 19.3. The van der Waals surface area contributed by atoms with Crippen molar-refractivity contribution in [2.75, 3.05) is 31.5 Å². The molecular formula is C30H35F2N7O. The van der Waals surface area contributed by atoms with Crippen LogP contribution in [0.5, 0.6) is 0 Å². The minimum atomic E-state index is -1.50. The molecule has 6 rings (SSSR count). The van der Waals surface area contributed by atoms with Crippen molar-refractivity contribution in [2.24, 2.45) is 0 Å². The van der Waals surface area contributed by atoms with Gasteiger partial charge in [-0.3, -0.25) is 9.69 Å². The Morgan fingerprint density at radius 1 is 1.10 bits per heavy atom. The number of halogens is 2. The average Bonchev–Trinajstić information content (AvgIpc) is 3.52. The fourth-order valence-electron chi connectivity index (χ4n) is 6.03. The number of amides is 1. The quantitative estimate of drug-likeness (QED) is 0.443. The number of nitrogens with zero attached hydrogens (tertiary/aromatic N) is 5. The van der Waals surface area contributed by atoms with Crippen molar-refractivity contribution in [2.45, 2.75) is 57.9 Å². The van der Waals surface area contributed by atoms with E-state index in [1.807, 2.05) is 18.2 Å². The van der Waals surface area contributed by atoms with Crippen LogP contribution in [0.1, 0.15) is 38.7 Å². The van der Waals surface area contributed by atoms with Gasteiger partial charge in [-0.05, 0) is 50.1 Å². The largest absolute Gasteiger partial charge is 0.338 e. The van der Waals surface area contributed by atoms with Crippen LogP contribution in [-0.2, 0) is 11.3 Å². The van der Waals surface area contributed by atoms with Gasteiger partial charge >= 0.3 is 0 Å². The molecule has 1 unspecified atom stereocenters. The maximum Gasteiger partial charge on any atom is 0.229 e. The molecule has 0 spiro atoms. The van der Waals surface area contributed by atoms with Crippen LogP contribution in [0.4, 0.5) is 20.4 Å². The molecule has 2 fully saturated rings. The average molecular weight is 548 g/mol. The zero-order valence-corrected chi connectivity index (χ0v) is 22.9. The second kappa shape index (κ2) is 11.1. The van der Waals surface area contributed by atoms with E-state index in [0.29, 0.717) is 42.3 Å². The van der Waals surface area contributed by atoms with Gasteiger partial charge in [-0.25, -0.2) is 13.8 Å². The fraction of sp³-hybridized carbons (Fsp3) is 0.433. The Balaban J connectivity index is 1.17. The first kappa shape index (κ1) is 26.6. The van der Waals surface area contributed by atoms with Crippen LogP contribution in [0, 0.1) is 0 Å². The minimum absolute atomic E-state index is 0.00452. The van der Waals surface area contributed by atoms with Crippen molar-refractivity contribution in [1.29, 1.82) is 0 Å². The van der Waals surface area contributed by atoms with Crippen molar-refractivity contribution >= 4 is 34.3 Å². The maximum absolute atomic E-state index is 15.2. The highest BCUT2D eigenvalue weighted by Gasteiger charge is 2.30. The minimum Gasteiger partial charge on any atom is -0.338 e. The second-order valence-corrected chi connectivity index (χ2v) is 11.2. The van der Waals surface area contributed by atoms with Gasteiger partial charge < -0.3 is 20.1 Å². The zero-order chi connectivity index (χ0) is 27.8. The molecule has 8 nitrogen and oxygen atoms in total. The van der Waals surface area contributed by atoms with E-state index in [1.165, 1.54) is 16.5 Å². The molecule has 1 aromatic carbocycles. The summed E-state index contributed by atoms with van der Waals surface area (Å²) >= 11 is 0. The van der Waals surface area contributed by atoms with Gasteiger partial charge in [-0.1, -0.05) is 12.1 Å². The summed E-state index contributed by atoms with van der Waals surface area (Å²) in [5, 5.41) is 7.59. The summed E-state index contributed by atoms with van der Waals surface area (Å²) in [6.07, 6.45) is 4.50. The Kier molecular flexibility index (Phi) is 7.37. The number of likely N-dealkylation sites (tertiary alicyclic amines) is 1.